The first-order valence-corrected chi connectivity index (χ1v) is 8.83. The molecule has 0 saturated heterocycles. The Balaban J connectivity index is 2.08. The van der Waals surface area contributed by atoms with Gasteiger partial charge in [-0.05, 0) is 31.2 Å². The van der Waals surface area contributed by atoms with E-state index >= 15 is 0 Å². The van der Waals surface area contributed by atoms with Crippen LogP contribution < -0.4 is 18.9 Å². The van der Waals surface area contributed by atoms with Gasteiger partial charge in [0.25, 0.3) is 0 Å². The summed E-state index contributed by atoms with van der Waals surface area (Å²) < 4.78 is 42.2. The van der Waals surface area contributed by atoms with E-state index in [4.69, 9.17) is 14.2 Å². The van der Waals surface area contributed by atoms with Gasteiger partial charge < -0.3 is 14.2 Å². The minimum atomic E-state index is -3.99. The van der Waals surface area contributed by atoms with E-state index < -0.39 is 22.5 Å². The quantitative estimate of drug-likeness (QED) is 0.595. The van der Waals surface area contributed by atoms with Gasteiger partial charge in [0.2, 0.25) is 10.0 Å². The number of nitrogens with one attached hydrogen (secondary N) is 1. The maximum absolute atomic E-state index is 12.4. The number of benzene rings is 2. The third-order valence-electron chi connectivity index (χ3n) is 3.32. The summed E-state index contributed by atoms with van der Waals surface area (Å²) in [4.78, 5) is 11.7. The van der Waals surface area contributed by atoms with Crippen molar-refractivity contribution in [2.45, 2.75) is 11.8 Å². The van der Waals surface area contributed by atoms with Gasteiger partial charge in [-0.3, -0.25) is 4.79 Å². The molecule has 0 heterocycles. The van der Waals surface area contributed by atoms with E-state index in [1.54, 1.807) is 30.3 Å². The standard InChI is InChI=1S/C17H19NO6S/c1-12-4-6-13(7-5-12)24-17(19)11-18-25(20,21)16-10-14(22-2)8-9-15(16)23-3/h4-10,18H,11H2,1-3H3. The number of hydrogen-bond acceptors (Lipinski definition) is 6. The second kappa shape index (κ2) is 8.00. The number of methoxy groups -OCH3 is 2. The largest absolute Gasteiger partial charge is 0.497 e. The van der Waals surface area contributed by atoms with Gasteiger partial charge in [-0.1, -0.05) is 17.7 Å². The van der Waals surface area contributed by atoms with Crippen molar-refractivity contribution in [2.75, 3.05) is 20.8 Å². The van der Waals surface area contributed by atoms with Crippen LogP contribution >= 0.6 is 0 Å². The zero-order valence-electron chi connectivity index (χ0n) is 14.1. The molecule has 0 aliphatic carbocycles. The Labute approximate surface area is 146 Å². The maximum Gasteiger partial charge on any atom is 0.326 e. The zero-order valence-corrected chi connectivity index (χ0v) is 14.9. The highest BCUT2D eigenvalue weighted by atomic mass is 32.2. The van der Waals surface area contributed by atoms with E-state index in [2.05, 4.69) is 4.72 Å². The highest BCUT2D eigenvalue weighted by molar-refractivity contribution is 7.89. The summed E-state index contributed by atoms with van der Waals surface area (Å²) in [5.74, 6) is 0.103. The Hall–Kier alpha value is -2.58. The van der Waals surface area contributed by atoms with Crippen LogP contribution in [0.5, 0.6) is 17.2 Å². The minimum Gasteiger partial charge on any atom is -0.497 e. The number of ether oxygens (including phenoxy) is 3. The molecule has 7 nitrogen and oxygen atoms in total. The lowest BCUT2D eigenvalue weighted by Gasteiger charge is -2.12. The molecule has 0 bridgehead atoms. The van der Waals surface area contributed by atoms with E-state index in [0.29, 0.717) is 11.5 Å². The number of rotatable bonds is 7. The van der Waals surface area contributed by atoms with Gasteiger partial charge in [-0.15, -0.1) is 0 Å². The van der Waals surface area contributed by atoms with E-state index in [-0.39, 0.29) is 10.6 Å². The lowest BCUT2D eigenvalue weighted by molar-refractivity contribution is -0.133. The second-order valence-electron chi connectivity index (χ2n) is 5.13. The number of hydrogen-bond donors (Lipinski definition) is 1. The van der Waals surface area contributed by atoms with Crippen LogP contribution in [0, 0.1) is 6.92 Å². The summed E-state index contributed by atoms with van der Waals surface area (Å²) in [6, 6.07) is 11.2. The fraction of sp³-hybridized carbons (Fsp3) is 0.235. The molecule has 2 aromatic rings. The van der Waals surface area contributed by atoms with Crippen molar-refractivity contribution in [3.63, 3.8) is 0 Å². The molecule has 0 radical (unpaired) electrons. The average Bonchev–Trinajstić information content (AvgIpc) is 2.61. The van der Waals surface area contributed by atoms with Crippen molar-refractivity contribution in [1.82, 2.24) is 4.72 Å². The molecule has 0 saturated carbocycles. The fourth-order valence-electron chi connectivity index (χ4n) is 2.00. The van der Waals surface area contributed by atoms with Gasteiger partial charge >= 0.3 is 5.97 Å². The molecule has 2 aromatic carbocycles. The van der Waals surface area contributed by atoms with Crippen molar-refractivity contribution in [3.8, 4) is 17.2 Å². The van der Waals surface area contributed by atoms with Gasteiger partial charge in [-0.2, -0.15) is 4.72 Å². The van der Waals surface area contributed by atoms with Crippen molar-refractivity contribution in [1.29, 1.82) is 0 Å². The molecule has 0 fully saturated rings. The molecule has 0 aliphatic rings. The summed E-state index contributed by atoms with van der Waals surface area (Å²) in [6.07, 6.45) is 0. The molecule has 0 aliphatic heterocycles. The maximum atomic E-state index is 12.4. The third-order valence-corrected chi connectivity index (χ3v) is 4.74. The number of carbonyl (C=O) groups is 1. The Morgan fingerprint density at radius 1 is 1.00 bits per heavy atom. The van der Waals surface area contributed by atoms with Gasteiger partial charge in [0.05, 0.1) is 14.2 Å². The first-order chi connectivity index (χ1) is 11.9. The van der Waals surface area contributed by atoms with Crippen LogP contribution in [0.2, 0.25) is 0 Å². The van der Waals surface area contributed by atoms with Crippen LogP contribution in [0.1, 0.15) is 5.56 Å². The summed E-state index contributed by atoms with van der Waals surface area (Å²) in [7, 11) is -1.21. The minimum absolute atomic E-state index is 0.127. The van der Waals surface area contributed by atoms with Gasteiger partial charge in [0.15, 0.2) is 0 Å². The molecule has 134 valence electrons. The fourth-order valence-corrected chi connectivity index (χ4v) is 3.15. The van der Waals surface area contributed by atoms with E-state index in [0.717, 1.165) is 5.56 Å². The van der Waals surface area contributed by atoms with Crippen LogP contribution in [-0.4, -0.2) is 35.2 Å². The summed E-state index contributed by atoms with van der Waals surface area (Å²) in [5.41, 5.74) is 1.02. The molecular formula is C17H19NO6S. The molecule has 1 N–H and O–H groups in total. The Morgan fingerprint density at radius 2 is 1.64 bits per heavy atom. The lowest BCUT2D eigenvalue weighted by atomic mass is 10.2. The number of carbonyl (C=O) groups excluding carboxylic acids is 1. The van der Waals surface area contributed by atoms with Crippen molar-refractivity contribution in [2.24, 2.45) is 0 Å². The molecule has 0 spiro atoms. The SMILES string of the molecule is COc1ccc(OC)c(S(=O)(=O)NCC(=O)Oc2ccc(C)cc2)c1. The van der Waals surface area contributed by atoms with Gasteiger partial charge in [0.1, 0.15) is 28.7 Å². The van der Waals surface area contributed by atoms with E-state index in [9.17, 15) is 13.2 Å². The lowest BCUT2D eigenvalue weighted by Crippen LogP contribution is -2.32. The molecule has 8 heteroatoms. The molecule has 2 rings (SSSR count). The molecule has 25 heavy (non-hydrogen) atoms. The van der Waals surface area contributed by atoms with Crippen LogP contribution in [0.25, 0.3) is 0 Å². The smallest absolute Gasteiger partial charge is 0.326 e. The predicted octanol–water partition coefficient (Wildman–Crippen LogP) is 1.90. The summed E-state index contributed by atoms with van der Waals surface area (Å²) in [6.45, 7) is 1.39. The third kappa shape index (κ3) is 4.94. The van der Waals surface area contributed by atoms with Crippen molar-refractivity contribution >= 4 is 16.0 Å². The first-order valence-electron chi connectivity index (χ1n) is 7.35. The Kier molecular flexibility index (Phi) is 6.00. The molecule has 0 amide bonds. The molecule has 0 atom stereocenters. The van der Waals surface area contributed by atoms with Gasteiger partial charge in [0, 0.05) is 6.07 Å². The van der Waals surface area contributed by atoms with Crippen LogP contribution in [0.15, 0.2) is 47.4 Å². The number of esters is 1. The summed E-state index contributed by atoms with van der Waals surface area (Å²) >= 11 is 0. The van der Waals surface area contributed by atoms with Crippen LogP contribution in [-0.2, 0) is 14.8 Å². The highest BCUT2D eigenvalue weighted by Crippen LogP contribution is 2.27. The van der Waals surface area contributed by atoms with Crippen LogP contribution in [0.4, 0.5) is 0 Å². The van der Waals surface area contributed by atoms with Crippen molar-refractivity contribution < 1.29 is 27.4 Å². The normalized spacial score (nSPS) is 11.0. The summed E-state index contributed by atoms with van der Waals surface area (Å²) in [5, 5.41) is 0. The zero-order chi connectivity index (χ0) is 18.4. The molecule has 0 unspecified atom stereocenters. The first kappa shape index (κ1) is 18.8. The molecule has 0 aromatic heterocycles. The predicted molar refractivity (Wildman–Crippen MR) is 91.5 cm³/mol. The number of aryl methyl sites for hydroxylation is 1. The number of sulfonamides is 1. The molecular weight excluding hydrogens is 346 g/mol. The second-order valence-corrected chi connectivity index (χ2v) is 6.86. The Morgan fingerprint density at radius 3 is 2.24 bits per heavy atom. The van der Waals surface area contributed by atoms with E-state index in [1.165, 1.54) is 26.4 Å². The van der Waals surface area contributed by atoms with Crippen molar-refractivity contribution in [3.05, 3.63) is 48.0 Å². The topological polar surface area (TPSA) is 90.9 Å². The van der Waals surface area contributed by atoms with Gasteiger partial charge in [-0.25, -0.2) is 8.42 Å². The monoisotopic (exact) mass is 365 g/mol. The highest BCUT2D eigenvalue weighted by Gasteiger charge is 2.22. The Bertz CT molecular complexity index is 846. The van der Waals surface area contributed by atoms with E-state index in [1.807, 2.05) is 6.92 Å². The average molecular weight is 365 g/mol. The van der Waals surface area contributed by atoms with Crippen LogP contribution in [0.3, 0.4) is 0 Å².